The van der Waals surface area contributed by atoms with Gasteiger partial charge in [-0.3, -0.25) is 4.79 Å². The monoisotopic (exact) mass is 345 g/mol. The van der Waals surface area contributed by atoms with E-state index in [9.17, 15) is 18.3 Å². The van der Waals surface area contributed by atoms with Crippen LogP contribution in [0.4, 0.5) is 0 Å². The van der Waals surface area contributed by atoms with Gasteiger partial charge in [-0.1, -0.05) is 20.8 Å². The first-order valence-corrected chi connectivity index (χ1v) is 9.66. The van der Waals surface area contributed by atoms with Gasteiger partial charge in [0.2, 0.25) is 0 Å². The van der Waals surface area contributed by atoms with Crippen LogP contribution in [0.15, 0.2) is 16.3 Å². The maximum absolute atomic E-state index is 12.8. The van der Waals surface area contributed by atoms with Crippen molar-refractivity contribution in [3.8, 4) is 0 Å². The van der Waals surface area contributed by atoms with Crippen molar-refractivity contribution in [3.05, 3.63) is 17.0 Å². The third-order valence-corrected chi connectivity index (χ3v) is 8.10. The Morgan fingerprint density at radius 2 is 2.00 bits per heavy atom. The summed E-state index contributed by atoms with van der Waals surface area (Å²) < 4.78 is 27.4. The molecule has 0 amide bonds. The normalized spacial score (nSPS) is 24.4. The second-order valence-corrected chi connectivity index (χ2v) is 10.0. The predicted molar refractivity (Wildman–Crippen MR) is 86.7 cm³/mol. The highest BCUT2D eigenvalue weighted by Gasteiger charge is 2.40. The van der Waals surface area contributed by atoms with Gasteiger partial charge in [0, 0.05) is 17.5 Å². The number of carboxylic acids is 1. The number of hydrogen-bond donors (Lipinski definition) is 1. The molecule has 1 aliphatic heterocycles. The molecule has 1 saturated heterocycles. The number of rotatable bonds is 3. The lowest BCUT2D eigenvalue weighted by molar-refractivity contribution is -0.144. The van der Waals surface area contributed by atoms with Crippen molar-refractivity contribution in [2.75, 3.05) is 6.54 Å². The summed E-state index contributed by atoms with van der Waals surface area (Å²) in [6.07, 6.45) is 1.11. The number of carboxylic acid groups (broad SMARTS) is 1. The van der Waals surface area contributed by atoms with E-state index in [1.54, 1.807) is 13.0 Å². The molecular formula is C15H23NO4S2. The van der Waals surface area contributed by atoms with Crippen molar-refractivity contribution in [2.24, 2.45) is 5.92 Å². The van der Waals surface area contributed by atoms with E-state index in [0.29, 0.717) is 23.6 Å². The molecule has 7 heteroatoms. The minimum absolute atomic E-state index is 0.102. The van der Waals surface area contributed by atoms with Gasteiger partial charge < -0.3 is 5.11 Å². The van der Waals surface area contributed by atoms with Crippen LogP contribution in [-0.4, -0.2) is 36.4 Å². The summed E-state index contributed by atoms with van der Waals surface area (Å²) in [6.45, 7) is 8.20. The van der Waals surface area contributed by atoms with Gasteiger partial charge in [-0.15, -0.1) is 11.3 Å². The van der Waals surface area contributed by atoms with E-state index in [-0.39, 0.29) is 5.41 Å². The van der Waals surface area contributed by atoms with Crippen molar-refractivity contribution < 1.29 is 18.3 Å². The molecule has 5 nitrogen and oxygen atoms in total. The van der Waals surface area contributed by atoms with Gasteiger partial charge >= 0.3 is 5.97 Å². The van der Waals surface area contributed by atoms with E-state index >= 15 is 0 Å². The van der Waals surface area contributed by atoms with Crippen molar-refractivity contribution in [3.63, 3.8) is 0 Å². The molecule has 2 heterocycles. The Morgan fingerprint density at radius 3 is 2.50 bits per heavy atom. The lowest BCUT2D eigenvalue weighted by Crippen LogP contribution is -2.48. The minimum Gasteiger partial charge on any atom is -0.481 e. The van der Waals surface area contributed by atoms with Gasteiger partial charge in [-0.25, -0.2) is 8.42 Å². The van der Waals surface area contributed by atoms with Gasteiger partial charge in [-0.2, -0.15) is 4.31 Å². The van der Waals surface area contributed by atoms with Crippen LogP contribution in [0.2, 0.25) is 0 Å². The zero-order valence-corrected chi connectivity index (χ0v) is 15.0. The molecule has 1 N–H and O–H groups in total. The second kappa shape index (κ2) is 5.94. The number of sulfonamides is 1. The van der Waals surface area contributed by atoms with Crippen LogP contribution in [-0.2, 0) is 20.2 Å². The molecule has 2 atom stereocenters. The fourth-order valence-electron chi connectivity index (χ4n) is 2.76. The van der Waals surface area contributed by atoms with Gasteiger partial charge in [-0.05, 0) is 37.3 Å². The third kappa shape index (κ3) is 3.21. The lowest BCUT2D eigenvalue weighted by atomic mass is 9.92. The van der Waals surface area contributed by atoms with Crippen LogP contribution < -0.4 is 0 Å². The van der Waals surface area contributed by atoms with E-state index in [0.717, 1.165) is 4.88 Å². The van der Waals surface area contributed by atoms with Crippen LogP contribution >= 0.6 is 11.3 Å². The standard InChI is InChI=1S/C15H23NO4S2/c1-10-11(14(17)18)6-5-9-16(10)22(19,20)13-8-7-12(21-13)15(2,3)4/h7-8,10-11H,5-6,9H2,1-4H3,(H,17,18)/t10-,11-/m1/s1. The molecule has 0 aliphatic carbocycles. The summed E-state index contributed by atoms with van der Waals surface area (Å²) in [5.41, 5.74) is -0.102. The maximum Gasteiger partial charge on any atom is 0.308 e. The Kier molecular flexibility index (Phi) is 4.71. The van der Waals surface area contributed by atoms with Gasteiger partial charge in [0.05, 0.1) is 5.92 Å². The Morgan fingerprint density at radius 1 is 1.36 bits per heavy atom. The maximum atomic E-state index is 12.8. The molecule has 1 aromatic rings. The first-order chi connectivity index (χ1) is 10.0. The summed E-state index contributed by atoms with van der Waals surface area (Å²) in [5.74, 6) is -1.56. The van der Waals surface area contributed by atoms with E-state index in [1.165, 1.54) is 15.6 Å². The van der Waals surface area contributed by atoms with Crippen molar-refractivity contribution in [1.29, 1.82) is 0 Å². The molecule has 0 bridgehead atoms. The topological polar surface area (TPSA) is 74.7 Å². The van der Waals surface area contributed by atoms with Crippen LogP contribution in [0.1, 0.15) is 45.4 Å². The first kappa shape index (κ1) is 17.4. The highest BCUT2D eigenvalue weighted by atomic mass is 32.2. The fourth-order valence-corrected chi connectivity index (χ4v) is 5.96. The number of thiophene rings is 1. The number of piperidine rings is 1. The van der Waals surface area contributed by atoms with Gasteiger partial charge in [0.1, 0.15) is 4.21 Å². The summed E-state index contributed by atoms with van der Waals surface area (Å²) in [6, 6.07) is 2.97. The predicted octanol–water partition coefficient (Wildman–Crippen LogP) is 2.92. The second-order valence-electron chi connectivity index (χ2n) is 6.81. The van der Waals surface area contributed by atoms with E-state index in [4.69, 9.17) is 0 Å². The highest BCUT2D eigenvalue weighted by Crippen LogP contribution is 2.35. The Labute approximate surface area is 136 Å². The average Bonchev–Trinajstić information content (AvgIpc) is 2.88. The summed E-state index contributed by atoms with van der Waals surface area (Å²) in [4.78, 5) is 12.3. The number of hydrogen-bond acceptors (Lipinski definition) is 4. The van der Waals surface area contributed by atoms with E-state index in [1.807, 2.05) is 26.8 Å². The van der Waals surface area contributed by atoms with Crippen molar-refractivity contribution in [1.82, 2.24) is 4.31 Å². The van der Waals surface area contributed by atoms with Crippen molar-refractivity contribution >= 4 is 27.3 Å². The summed E-state index contributed by atoms with van der Waals surface area (Å²) >= 11 is 1.28. The van der Waals surface area contributed by atoms with E-state index < -0.39 is 28.0 Å². The van der Waals surface area contributed by atoms with Gasteiger partial charge in [0.25, 0.3) is 10.0 Å². The quantitative estimate of drug-likeness (QED) is 0.914. The smallest absolute Gasteiger partial charge is 0.308 e. The highest BCUT2D eigenvalue weighted by molar-refractivity contribution is 7.91. The van der Waals surface area contributed by atoms with Crippen LogP contribution in [0.5, 0.6) is 0 Å². The number of nitrogens with zero attached hydrogens (tertiary/aromatic N) is 1. The molecule has 2 rings (SSSR count). The third-order valence-electron chi connectivity index (χ3n) is 4.13. The Hall–Kier alpha value is -0.920. The van der Waals surface area contributed by atoms with E-state index in [2.05, 4.69) is 0 Å². The van der Waals surface area contributed by atoms with Crippen molar-refractivity contribution in [2.45, 2.75) is 56.2 Å². The average molecular weight is 345 g/mol. The van der Waals surface area contributed by atoms with Crippen LogP contribution in [0.3, 0.4) is 0 Å². The summed E-state index contributed by atoms with van der Waals surface area (Å²) in [5, 5.41) is 9.25. The largest absolute Gasteiger partial charge is 0.481 e. The fraction of sp³-hybridized carbons (Fsp3) is 0.667. The van der Waals surface area contributed by atoms with Crippen LogP contribution in [0.25, 0.3) is 0 Å². The SMILES string of the molecule is C[C@@H]1[C@H](C(=O)O)CCCN1S(=O)(=O)c1ccc(C(C)(C)C)s1. The molecule has 1 aromatic heterocycles. The molecule has 1 aliphatic rings. The molecule has 0 spiro atoms. The molecule has 22 heavy (non-hydrogen) atoms. The molecule has 1 fully saturated rings. The zero-order chi connectivity index (χ0) is 16.7. The Balaban J connectivity index is 2.33. The lowest BCUT2D eigenvalue weighted by Gasteiger charge is -2.36. The molecule has 0 radical (unpaired) electrons. The number of carbonyl (C=O) groups is 1. The minimum atomic E-state index is -3.63. The number of aliphatic carboxylic acids is 1. The molecule has 124 valence electrons. The molecule has 0 saturated carbocycles. The zero-order valence-electron chi connectivity index (χ0n) is 13.4. The molecule has 0 aromatic carbocycles. The first-order valence-electron chi connectivity index (χ1n) is 7.40. The van der Waals surface area contributed by atoms with Crippen LogP contribution in [0, 0.1) is 5.92 Å². The summed E-state index contributed by atoms with van der Waals surface area (Å²) in [7, 11) is -3.63. The molecular weight excluding hydrogens is 322 g/mol. The van der Waals surface area contributed by atoms with Gasteiger partial charge in [0.15, 0.2) is 0 Å². The molecule has 0 unspecified atom stereocenters. The Bertz CT molecular complexity index is 657.